The summed E-state index contributed by atoms with van der Waals surface area (Å²) in [6, 6.07) is 19.8. The van der Waals surface area contributed by atoms with Gasteiger partial charge in [0.2, 0.25) is 10.0 Å². The molecule has 0 aliphatic heterocycles. The summed E-state index contributed by atoms with van der Waals surface area (Å²) in [5.74, 6) is 0.538. The fourth-order valence-electron chi connectivity index (χ4n) is 2.29. The highest BCUT2D eigenvalue weighted by molar-refractivity contribution is 7.89. The number of benzene rings is 3. The highest BCUT2D eigenvalue weighted by atomic mass is 32.2. The molecule has 0 aromatic heterocycles. The summed E-state index contributed by atoms with van der Waals surface area (Å²) in [6.07, 6.45) is 2.03. The largest absolute Gasteiger partial charge is 0.508 e. The van der Waals surface area contributed by atoms with Gasteiger partial charge >= 0.3 is 0 Å². The molecular weight excluding hydrogens is 376 g/mol. The molecule has 0 amide bonds. The number of rotatable bonds is 3. The molecule has 7 heteroatoms. The second-order valence-electron chi connectivity index (χ2n) is 6.08. The standard InChI is InChI=1S/C15H14O2.C6H8N2O2S/c1-11(13-4-8-15(17)9-5-13)10-12-2-6-14(16)7-3-12;7-5-1-3-6(4-2-5)11(8,9)10/h2-10,16-17H,1H3;1-4H,7H2,(H2,8,9,10). The molecule has 0 aliphatic rings. The Balaban J connectivity index is 0.000000221. The minimum atomic E-state index is -3.58. The minimum absolute atomic E-state index is 0.0756. The zero-order chi connectivity index (χ0) is 20.7. The van der Waals surface area contributed by atoms with Gasteiger partial charge in [-0.1, -0.05) is 30.3 Å². The number of anilines is 1. The van der Waals surface area contributed by atoms with Crippen molar-refractivity contribution in [1.82, 2.24) is 0 Å². The van der Waals surface area contributed by atoms with Gasteiger partial charge in [0.15, 0.2) is 0 Å². The molecule has 3 aromatic carbocycles. The second kappa shape index (κ2) is 9.07. The lowest BCUT2D eigenvalue weighted by atomic mass is 10.0. The zero-order valence-electron chi connectivity index (χ0n) is 15.3. The first-order chi connectivity index (χ1) is 13.1. The van der Waals surface area contributed by atoms with Gasteiger partial charge in [0.1, 0.15) is 11.5 Å². The maximum atomic E-state index is 10.7. The monoisotopic (exact) mass is 398 g/mol. The molecule has 28 heavy (non-hydrogen) atoms. The van der Waals surface area contributed by atoms with Gasteiger partial charge in [0.25, 0.3) is 0 Å². The van der Waals surface area contributed by atoms with E-state index in [4.69, 9.17) is 10.9 Å². The average Bonchev–Trinajstić information content (AvgIpc) is 2.64. The molecule has 0 heterocycles. The van der Waals surface area contributed by atoms with Crippen LogP contribution in [0, 0.1) is 0 Å². The van der Waals surface area contributed by atoms with Crippen molar-refractivity contribution in [3.63, 3.8) is 0 Å². The van der Waals surface area contributed by atoms with E-state index in [9.17, 15) is 18.6 Å². The van der Waals surface area contributed by atoms with Gasteiger partial charge < -0.3 is 15.9 Å². The fourth-order valence-corrected chi connectivity index (χ4v) is 2.80. The van der Waals surface area contributed by atoms with Crippen LogP contribution in [0.15, 0.2) is 77.7 Å². The molecular formula is C21H22N2O4S. The zero-order valence-corrected chi connectivity index (χ0v) is 16.1. The van der Waals surface area contributed by atoms with Gasteiger partial charge in [-0.25, -0.2) is 13.6 Å². The first-order valence-electron chi connectivity index (χ1n) is 8.30. The quantitative estimate of drug-likeness (QED) is 0.396. The van der Waals surface area contributed by atoms with Crippen LogP contribution in [0.5, 0.6) is 11.5 Å². The van der Waals surface area contributed by atoms with Gasteiger partial charge in [-0.2, -0.15) is 0 Å². The number of phenols is 2. The van der Waals surface area contributed by atoms with E-state index in [-0.39, 0.29) is 16.4 Å². The Labute approximate surface area is 164 Å². The summed E-state index contributed by atoms with van der Waals surface area (Å²) >= 11 is 0. The van der Waals surface area contributed by atoms with Gasteiger partial charge in [-0.05, 0) is 72.2 Å². The van der Waals surface area contributed by atoms with Crippen LogP contribution in [0.25, 0.3) is 11.6 Å². The first kappa shape index (κ1) is 21.0. The summed E-state index contributed by atoms with van der Waals surface area (Å²) in [6.45, 7) is 2.01. The second-order valence-corrected chi connectivity index (χ2v) is 7.64. The summed E-state index contributed by atoms with van der Waals surface area (Å²) in [7, 11) is -3.58. The molecule has 6 N–H and O–H groups in total. The number of primary sulfonamides is 1. The van der Waals surface area contributed by atoms with Crippen LogP contribution >= 0.6 is 0 Å². The molecule has 0 atom stereocenters. The van der Waals surface area contributed by atoms with Crippen molar-refractivity contribution >= 4 is 27.4 Å². The Bertz CT molecular complexity index is 1040. The summed E-state index contributed by atoms with van der Waals surface area (Å²) < 4.78 is 21.4. The Morgan fingerprint density at radius 3 is 1.75 bits per heavy atom. The van der Waals surface area contributed by atoms with E-state index in [2.05, 4.69) is 0 Å². The molecule has 0 fully saturated rings. The fraction of sp³-hybridized carbons (Fsp3) is 0.0476. The highest BCUT2D eigenvalue weighted by Gasteiger charge is 2.05. The van der Waals surface area contributed by atoms with Crippen molar-refractivity contribution in [2.75, 3.05) is 5.73 Å². The molecule has 0 bridgehead atoms. The van der Waals surface area contributed by atoms with E-state index < -0.39 is 10.0 Å². The van der Waals surface area contributed by atoms with E-state index in [0.717, 1.165) is 16.7 Å². The van der Waals surface area contributed by atoms with Crippen LogP contribution in [-0.4, -0.2) is 18.6 Å². The average molecular weight is 398 g/mol. The lowest BCUT2D eigenvalue weighted by Gasteiger charge is -2.02. The van der Waals surface area contributed by atoms with Crippen molar-refractivity contribution in [3.8, 4) is 11.5 Å². The molecule has 0 saturated carbocycles. The molecule has 0 unspecified atom stereocenters. The summed E-state index contributed by atoms with van der Waals surface area (Å²) in [5, 5.41) is 23.2. The van der Waals surface area contributed by atoms with Crippen molar-refractivity contribution in [3.05, 3.63) is 83.9 Å². The Kier molecular flexibility index (Phi) is 6.81. The number of nitrogens with two attached hydrogens (primary N) is 2. The van der Waals surface area contributed by atoms with E-state index in [1.54, 1.807) is 24.3 Å². The molecule has 3 aromatic rings. The molecule has 0 spiro atoms. The normalized spacial score (nSPS) is 11.4. The third kappa shape index (κ3) is 6.46. The molecule has 6 nitrogen and oxygen atoms in total. The molecule has 3 rings (SSSR count). The SMILES string of the molecule is CC(=Cc1ccc(O)cc1)c1ccc(O)cc1.Nc1ccc(S(N)(=O)=O)cc1. The Hall–Kier alpha value is -3.29. The predicted molar refractivity (Wildman–Crippen MR) is 112 cm³/mol. The van der Waals surface area contributed by atoms with Crippen LogP contribution in [-0.2, 0) is 10.0 Å². The Morgan fingerprint density at radius 1 is 0.821 bits per heavy atom. The van der Waals surface area contributed by atoms with Gasteiger partial charge in [-0.15, -0.1) is 0 Å². The number of phenolic OH excluding ortho intramolecular Hbond substituents is 2. The van der Waals surface area contributed by atoms with Gasteiger partial charge in [0.05, 0.1) is 4.90 Å². The number of aromatic hydroxyl groups is 2. The number of hydrogen-bond acceptors (Lipinski definition) is 5. The highest BCUT2D eigenvalue weighted by Crippen LogP contribution is 2.21. The lowest BCUT2D eigenvalue weighted by Crippen LogP contribution is -2.11. The lowest BCUT2D eigenvalue weighted by molar-refractivity contribution is 0.474. The van der Waals surface area contributed by atoms with Crippen molar-refractivity contribution in [2.45, 2.75) is 11.8 Å². The maximum absolute atomic E-state index is 10.7. The first-order valence-corrected chi connectivity index (χ1v) is 9.85. The van der Waals surface area contributed by atoms with Crippen molar-refractivity contribution < 1.29 is 18.6 Å². The Morgan fingerprint density at radius 2 is 1.29 bits per heavy atom. The van der Waals surface area contributed by atoms with Crippen LogP contribution in [0.1, 0.15) is 18.1 Å². The third-order valence-corrected chi connectivity index (χ3v) is 4.74. The smallest absolute Gasteiger partial charge is 0.238 e. The predicted octanol–water partition coefficient (Wildman–Crippen LogP) is 3.57. The topological polar surface area (TPSA) is 127 Å². The van der Waals surface area contributed by atoms with Crippen LogP contribution in [0.2, 0.25) is 0 Å². The molecule has 0 radical (unpaired) electrons. The summed E-state index contributed by atoms with van der Waals surface area (Å²) in [5.41, 5.74) is 9.05. The molecule has 0 saturated heterocycles. The number of nitrogen functional groups attached to an aromatic ring is 1. The summed E-state index contributed by atoms with van der Waals surface area (Å²) in [4.78, 5) is 0.0756. The van der Waals surface area contributed by atoms with Crippen LogP contribution in [0.4, 0.5) is 5.69 Å². The minimum Gasteiger partial charge on any atom is -0.508 e. The van der Waals surface area contributed by atoms with Crippen LogP contribution in [0.3, 0.4) is 0 Å². The number of sulfonamides is 1. The number of hydrogen-bond donors (Lipinski definition) is 4. The maximum Gasteiger partial charge on any atom is 0.238 e. The van der Waals surface area contributed by atoms with Gasteiger partial charge in [-0.3, -0.25) is 0 Å². The molecule has 146 valence electrons. The van der Waals surface area contributed by atoms with E-state index in [1.807, 2.05) is 37.3 Å². The molecule has 0 aliphatic carbocycles. The third-order valence-electron chi connectivity index (χ3n) is 3.81. The van der Waals surface area contributed by atoms with E-state index in [1.165, 1.54) is 24.3 Å². The van der Waals surface area contributed by atoms with Crippen LogP contribution < -0.4 is 10.9 Å². The van der Waals surface area contributed by atoms with Gasteiger partial charge in [0, 0.05) is 5.69 Å². The van der Waals surface area contributed by atoms with E-state index in [0.29, 0.717) is 5.69 Å². The van der Waals surface area contributed by atoms with Crippen molar-refractivity contribution in [2.24, 2.45) is 5.14 Å². The number of allylic oxidation sites excluding steroid dienone is 1. The van der Waals surface area contributed by atoms with Crippen molar-refractivity contribution in [1.29, 1.82) is 0 Å². The van der Waals surface area contributed by atoms with E-state index >= 15 is 0 Å².